The number of hydrogen-bond donors (Lipinski definition) is 2. The molecule has 1 aliphatic heterocycles. The Balaban J connectivity index is 1.62. The lowest BCUT2D eigenvalue weighted by molar-refractivity contribution is -0.113. The Hall–Kier alpha value is -3.61. The van der Waals surface area contributed by atoms with Gasteiger partial charge in [0.05, 0.1) is 12.2 Å². The molecule has 0 aliphatic carbocycles. The van der Waals surface area contributed by atoms with E-state index in [4.69, 9.17) is 4.74 Å². The van der Waals surface area contributed by atoms with Crippen LogP contribution in [0.2, 0.25) is 0 Å². The van der Waals surface area contributed by atoms with Gasteiger partial charge in [-0.25, -0.2) is 4.68 Å². The highest BCUT2D eigenvalue weighted by molar-refractivity contribution is 6.06. The van der Waals surface area contributed by atoms with Crippen molar-refractivity contribution in [1.29, 1.82) is 0 Å². The van der Waals surface area contributed by atoms with E-state index in [1.54, 1.807) is 4.68 Å². The minimum Gasteiger partial charge on any atom is -0.494 e. The van der Waals surface area contributed by atoms with Gasteiger partial charge in [-0.05, 0) is 61.6 Å². The van der Waals surface area contributed by atoms with E-state index in [1.807, 2.05) is 62.4 Å². The van der Waals surface area contributed by atoms with Crippen LogP contribution in [0.1, 0.15) is 44.4 Å². The molecular weight excluding hydrogens is 402 g/mol. The fraction of sp³-hybridized carbons (Fsp3) is 0.320. The van der Waals surface area contributed by atoms with Crippen LogP contribution in [0, 0.1) is 12.8 Å². The van der Waals surface area contributed by atoms with Crippen LogP contribution in [-0.4, -0.2) is 27.3 Å². The third-order valence-corrected chi connectivity index (χ3v) is 5.47. The zero-order valence-corrected chi connectivity index (χ0v) is 18.9. The lowest BCUT2D eigenvalue weighted by Crippen LogP contribution is -2.31. The first kappa shape index (κ1) is 21.6. The van der Waals surface area contributed by atoms with E-state index in [0.29, 0.717) is 24.0 Å². The van der Waals surface area contributed by atoms with E-state index in [1.165, 1.54) is 6.33 Å². The number of rotatable bonds is 7. The summed E-state index contributed by atoms with van der Waals surface area (Å²) < 4.78 is 7.60. The third-order valence-electron chi connectivity index (χ3n) is 5.47. The fourth-order valence-corrected chi connectivity index (χ4v) is 3.77. The molecule has 1 aliphatic rings. The largest absolute Gasteiger partial charge is 0.494 e. The molecular formula is C25H29N5O2. The number of aromatic nitrogens is 3. The van der Waals surface area contributed by atoms with Gasteiger partial charge < -0.3 is 15.4 Å². The van der Waals surface area contributed by atoms with Crippen LogP contribution in [0.5, 0.6) is 5.75 Å². The van der Waals surface area contributed by atoms with E-state index >= 15 is 0 Å². The molecule has 166 valence electrons. The van der Waals surface area contributed by atoms with Gasteiger partial charge >= 0.3 is 0 Å². The average Bonchev–Trinajstić information content (AvgIpc) is 3.21. The average molecular weight is 432 g/mol. The Bertz CT molecular complexity index is 1130. The molecule has 0 spiro atoms. The van der Waals surface area contributed by atoms with Crippen LogP contribution in [-0.2, 0) is 4.79 Å². The van der Waals surface area contributed by atoms with Crippen molar-refractivity contribution in [3.63, 3.8) is 0 Å². The fourth-order valence-electron chi connectivity index (χ4n) is 3.77. The third kappa shape index (κ3) is 4.66. The van der Waals surface area contributed by atoms with Gasteiger partial charge in [0.25, 0.3) is 5.91 Å². The predicted octanol–water partition coefficient (Wildman–Crippen LogP) is 4.94. The number of allylic oxidation sites excluding steroid dienone is 1. The number of hydrogen-bond acceptors (Lipinski definition) is 5. The molecule has 2 aromatic carbocycles. The molecule has 0 saturated heterocycles. The molecule has 3 aromatic rings. The molecule has 2 heterocycles. The van der Waals surface area contributed by atoms with E-state index in [2.05, 4.69) is 34.6 Å². The molecule has 2 N–H and O–H groups in total. The second kappa shape index (κ2) is 9.26. The van der Waals surface area contributed by atoms with Crippen LogP contribution in [0.15, 0.2) is 66.1 Å². The molecule has 32 heavy (non-hydrogen) atoms. The van der Waals surface area contributed by atoms with E-state index in [-0.39, 0.29) is 5.91 Å². The van der Waals surface area contributed by atoms with Crippen LogP contribution in [0.3, 0.4) is 0 Å². The molecule has 1 unspecified atom stereocenters. The van der Waals surface area contributed by atoms with Gasteiger partial charge in [-0.2, -0.15) is 10.1 Å². The highest BCUT2D eigenvalue weighted by atomic mass is 16.5. The number of carbonyl (C=O) groups excluding carboxylic acids is 1. The maximum absolute atomic E-state index is 13.4. The number of anilines is 2. The van der Waals surface area contributed by atoms with Gasteiger partial charge in [-0.3, -0.25) is 4.79 Å². The molecule has 7 heteroatoms. The van der Waals surface area contributed by atoms with E-state index in [0.717, 1.165) is 34.7 Å². The molecule has 1 amide bonds. The maximum Gasteiger partial charge on any atom is 0.255 e. The van der Waals surface area contributed by atoms with Crippen molar-refractivity contribution in [2.45, 2.75) is 40.2 Å². The second-order valence-electron chi connectivity index (χ2n) is 8.52. The Morgan fingerprint density at radius 3 is 2.69 bits per heavy atom. The summed E-state index contributed by atoms with van der Waals surface area (Å²) in [4.78, 5) is 17.7. The van der Waals surface area contributed by atoms with Crippen LogP contribution in [0.25, 0.3) is 0 Å². The SMILES string of the molecule is CC1=C(C(=O)Nc2cccc(C)c2)C(c2ccc(OCCC(C)C)cc2)n2ncnc2N1. The zero-order chi connectivity index (χ0) is 22.7. The number of carbonyl (C=O) groups is 1. The summed E-state index contributed by atoms with van der Waals surface area (Å²) in [6.45, 7) is 8.92. The van der Waals surface area contributed by atoms with Crippen LogP contribution < -0.4 is 15.4 Å². The van der Waals surface area contributed by atoms with Crippen molar-refractivity contribution < 1.29 is 9.53 Å². The number of aryl methyl sites for hydroxylation is 1. The summed E-state index contributed by atoms with van der Waals surface area (Å²) in [5, 5.41) is 10.6. The quantitative estimate of drug-likeness (QED) is 0.554. The standard InChI is InChI=1S/C25H29N5O2/c1-16(2)12-13-32-21-10-8-19(9-11-21)23-22(18(4)28-25-26-15-27-30(23)25)24(31)29-20-7-5-6-17(3)14-20/h5-11,14-16,23H,12-13H2,1-4H3,(H,29,31)(H,26,27,28). The number of nitrogens with zero attached hydrogens (tertiary/aromatic N) is 3. The van der Waals surface area contributed by atoms with Gasteiger partial charge in [0.15, 0.2) is 0 Å². The number of ether oxygens (including phenoxy) is 1. The Labute approximate surface area is 188 Å². The number of amides is 1. The van der Waals surface area contributed by atoms with E-state index in [9.17, 15) is 4.79 Å². The molecule has 4 rings (SSSR count). The highest BCUT2D eigenvalue weighted by Gasteiger charge is 2.33. The Kier molecular flexibility index (Phi) is 6.25. The normalized spacial score (nSPS) is 15.3. The summed E-state index contributed by atoms with van der Waals surface area (Å²) in [5.41, 5.74) is 4.12. The zero-order valence-electron chi connectivity index (χ0n) is 18.9. The summed E-state index contributed by atoms with van der Waals surface area (Å²) >= 11 is 0. The minimum absolute atomic E-state index is 0.177. The van der Waals surface area contributed by atoms with Gasteiger partial charge in [-0.15, -0.1) is 0 Å². The number of benzene rings is 2. The highest BCUT2D eigenvalue weighted by Crippen LogP contribution is 2.35. The smallest absolute Gasteiger partial charge is 0.255 e. The molecule has 1 atom stereocenters. The van der Waals surface area contributed by atoms with Crippen molar-refractivity contribution in [3.05, 3.63) is 77.3 Å². The second-order valence-corrected chi connectivity index (χ2v) is 8.52. The summed E-state index contributed by atoms with van der Waals surface area (Å²) in [6.07, 6.45) is 2.50. The van der Waals surface area contributed by atoms with Crippen molar-refractivity contribution in [2.24, 2.45) is 5.92 Å². The van der Waals surface area contributed by atoms with E-state index < -0.39 is 6.04 Å². The maximum atomic E-state index is 13.4. The summed E-state index contributed by atoms with van der Waals surface area (Å²) in [5.74, 6) is 1.84. The first-order valence-corrected chi connectivity index (χ1v) is 10.9. The predicted molar refractivity (Wildman–Crippen MR) is 126 cm³/mol. The molecule has 0 bridgehead atoms. The van der Waals surface area contributed by atoms with Crippen LogP contribution >= 0.6 is 0 Å². The van der Waals surface area contributed by atoms with Crippen molar-refractivity contribution >= 4 is 17.5 Å². The Morgan fingerprint density at radius 2 is 1.97 bits per heavy atom. The molecule has 0 fully saturated rings. The number of nitrogens with one attached hydrogen (secondary N) is 2. The van der Waals surface area contributed by atoms with Crippen molar-refractivity contribution in [3.8, 4) is 5.75 Å². The lowest BCUT2D eigenvalue weighted by atomic mass is 9.95. The first-order chi connectivity index (χ1) is 15.4. The summed E-state index contributed by atoms with van der Waals surface area (Å²) in [7, 11) is 0. The van der Waals surface area contributed by atoms with Gasteiger partial charge in [0.2, 0.25) is 5.95 Å². The van der Waals surface area contributed by atoms with Gasteiger partial charge in [0.1, 0.15) is 18.1 Å². The van der Waals surface area contributed by atoms with Crippen molar-refractivity contribution in [1.82, 2.24) is 14.8 Å². The first-order valence-electron chi connectivity index (χ1n) is 10.9. The Morgan fingerprint density at radius 1 is 1.19 bits per heavy atom. The molecule has 0 radical (unpaired) electrons. The summed E-state index contributed by atoms with van der Waals surface area (Å²) in [6, 6.07) is 15.2. The molecule has 7 nitrogen and oxygen atoms in total. The molecule has 0 saturated carbocycles. The van der Waals surface area contributed by atoms with Crippen molar-refractivity contribution in [2.75, 3.05) is 17.2 Å². The number of fused-ring (bicyclic) bond motifs is 1. The van der Waals surface area contributed by atoms with Crippen LogP contribution in [0.4, 0.5) is 11.6 Å². The monoisotopic (exact) mass is 431 g/mol. The lowest BCUT2D eigenvalue weighted by Gasteiger charge is -2.29. The topological polar surface area (TPSA) is 81.1 Å². The minimum atomic E-state index is -0.400. The van der Waals surface area contributed by atoms with Gasteiger partial charge in [-0.1, -0.05) is 38.1 Å². The molecule has 1 aromatic heterocycles. The van der Waals surface area contributed by atoms with Gasteiger partial charge in [0, 0.05) is 11.4 Å².